The van der Waals surface area contributed by atoms with Gasteiger partial charge in [0, 0.05) is 23.2 Å². The van der Waals surface area contributed by atoms with E-state index in [1.807, 2.05) is 59.6 Å². The summed E-state index contributed by atoms with van der Waals surface area (Å²) in [6.45, 7) is 2.28. The topological polar surface area (TPSA) is 41.6 Å². The zero-order chi connectivity index (χ0) is 17.8. The molecule has 1 saturated heterocycles. The van der Waals surface area contributed by atoms with Gasteiger partial charge in [-0.15, -0.1) is 11.3 Å². The number of hydrogen-bond acceptors (Lipinski definition) is 4. The van der Waals surface area contributed by atoms with E-state index in [4.69, 9.17) is 4.74 Å². The third kappa shape index (κ3) is 3.74. The van der Waals surface area contributed by atoms with Crippen LogP contribution in [0.25, 0.3) is 10.1 Å². The Morgan fingerprint density at radius 1 is 1.00 bits per heavy atom. The van der Waals surface area contributed by atoms with Crippen LogP contribution in [0.15, 0.2) is 54.6 Å². The van der Waals surface area contributed by atoms with Gasteiger partial charge >= 0.3 is 0 Å². The van der Waals surface area contributed by atoms with Gasteiger partial charge in [-0.2, -0.15) is 0 Å². The van der Waals surface area contributed by atoms with Crippen LogP contribution in [0.2, 0.25) is 0 Å². The molecule has 3 aromatic rings. The Labute approximate surface area is 157 Å². The Morgan fingerprint density at radius 2 is 1.73 bits per heavy atom. The highest BCUT2D eigenvalue weighted by Crippen LogP contribution is 2.38. The molecule has 4 rings (SSSR count). The molecule has 1 amide bonds. The maximum atomic E-state index is 12.9. The standard InChI is InChI=1S/C21H22N2O2S/c24-21(22-23-13-7-2-8-14-23)20-19(17-11-5-6-12-18(17)26-20)25-15-16-9-3-1-4-10-16/h1,3-6,9-12H,2,7-8,13-15H2,(H,22,24). The summed E-state index contributed by atoms with van der Waals surface area (Å²) in [6.07, 6.45) is 3.49. The van der Waals surface area contributed by atoms with Gasteiger partial charge in [-0.1, -0.05) is 48.9 Å². The molecule has 0 unspecified atom stereocenters. The first kappa shape index (κ1) is 17.1. The number of carbonyl (C=O) groups is 1. The predicted molar refractivity (Wildman–Crippen MR) is 105 cm³/mol. The molecule has 5 heteroatoms. The summed E-state index contributed by atoms with van der Waals surface area (Å²) in [5.74, 6) is 0.611. The fourth-order valence-corrected chi connectivity index (χ4v) is 4.28. The van der Waals surface area contributed by atoms with Gasteiger partial charge < -0.3 is 4.74 Å². The third-order valence-corrected chi connectivity index (χ3v) is 5.75. The summed E-state index contributed by atoms with van der Waals surface area (Å²) in [7, 11) is 0. The van der Waals surface area contributed by atoms with Gasteiger partial charge in [-0.25, -0.2) is 5.01 Å². The second-order valence-corrected chi connectivity index (χ2v) is 7.57. The minimum atomic E-state index is -0.0730. The molecule has 0 radical (unpaired) electrons. The minimum absolute atomic E-state index is 0.0730. The van der Waals surface area contributed by atoms with E-state index >= 15 is 0 Å². The molecule has 1 fully saturated rings. The molecule has 0 aliphatic carbocycles. The predicted octanol–water partition coefficient (Wildman–Crippen LogP) is 4.61. The molecule has 26 heavy (non-hydrogen) atoms. The van der Waals surface area contributed by atoms with Crippen molar-refractivity contribution in [2.24, 2.45) is 0 Å². The van der Waals surface area contributed by atoms with Crippen molar-refractivity contribution in [2.75, 3.05) is 13.1 Å². The van der Waals surface area contributed by atoms with Crippen molar-refractivity contribution >= 4 is 27.3 Å². The van der Waals surface area contributed by atoms with Gasteiger partial charge in [0.25, 0.3) is 5.91 Å². The first-order valence-corrected chi connectivity index (χ1v) is 9.87. The summed E-state index contributed by atoms with van der Waals surface area (Å²) >= 11 is 1.49. The third-order valence-electron chi connectivity index (χ3n) is 4.60. The van der Waals surface area contributed by atoms with Crippen molar-refractivity contribution in [1.82, 2.24) is 10.4 Å². The Balaban J connectivity index is 1.59. The van der Waals surface area contributed by atoms with Crippen molar-refractivity contribution in [3.05, 3.63) is 65.0 Å². The van der Waals surface area contributed by atoms with Crippen molar-refractivity contribution in [3.8, 4) is 5.75 Å². The van der Waals surface area contributed by atoms with E-state index < -0.39 is 0 Å². The molecule has 134 valence electrons. The molecular weight excluding hydrogens is 344 g/mol. The number of thiophene rings is 1. The van der Waals surface area contributed by atoms with Crippen LogP contribution in [-0.2, 0) is 6.61 Å². The van der Waals surface area contributed by atoms with E-state index in [1.165, 1.54) is 17.8 Å². The Bertz CT molecular complexity index is 885. The second kappa shape index (κ2) is 7.89. The van der Waals surface area contributed by atoms with Crippen molar-refractivity contribution in [3.63, 3.8) is 0 Å². The molecular formula is C21H22N2O2S. The largest absolute Gasteiger partial charge is 0.487 e. The highest BCUT2D eigenvalue weighted by Gasteiger charge is 2.22. The summed E-state index contributed by atoms with van der Waals surface area (Å²) in [4.78, 5) is 13.5. The number of amides is 1. The molecule has 0 spiro atoms. The van der Waals surface area contributed by atoms with Crippen molar-refractivity contribution in [1.29, 1.82) is 0 Å². The monoisotopic (exact) mass is 366 g/mol. The Morgan fingerprint density at radius 3 is 2.54 bits per heavy atom. The first-order chi connectivity index (χ1) is 12.8. The molecule has 1 N–H and O–H groups in total. The SMILES string of the molecule is O=C(NN1CCCCC1)c1sc2ccccc2c1OCc1ccccc1. The van der Waals surface area contributed by atoms with Crippen LogP contribution < -0.4 is 10.2 Å². The quantitative estimate of drug-likeness (QED) is 0.717. The smallest absolute Gasteiger partial charge is 0.279 e. The normalized spacial score (nSPS) is 15.1. The van der Waals surface area contributed by atoms with Gasteiger partial charge in [0.15, 0.2) is 5.75 Å². The summed E-state index contributed by atoms with van der Waals surface area (Å²) < 4.78 is 7.19. The van der Waals surface area contributed by atoms with Crippen molar-refractivity contribution < 1.29 is 9.53 Å². The number of carbonyl (C=O) groups excluding carboxylic acids is 1. The number of fused-ring (bicyclic) bond motifs is 1. The number of hydrazine groups is 1. The molecule has 4 nitrogen and oxygen atoms in total. The van der Waals surface area contributed by atoms with Gasteiger partial charge in [0.2, 0.25) is 0 Å². The van der Waals surface area contributed by atoms with Gasteiger partial charge in [-0.3, -0.25) is 10.2 Å². The average molecular weight is 366 g/mol. The Kier molecular flexibility index (Phi) is 5.18. The van der Waals surface area contributed by atoms with E-state index in [-0.39, 0.29) is 5.91 Å². The highest BCUT2D eigenvalue weighted by molar-refractivity contribution is 7.21. The molecule has 2 heterocycles. The van der Waals surface area contributed by atoms with E-state index in [1.54, 1.807) is 0 Å². The molecule has 0 saturated carbocycles. The molecule has 1 aromatic heterocycles. The zero-order valence-electron chi connectivity index (χ0n) is 14.6. The van der Waals surface area contributed by atoms with Gasteiger partial charge in [0.1, 0.15) is 11.5 Å². The van der Waals surface area contributed by atoms with Gasteiger partial charge in [0.05, 0.1) is 0 Å². The molecule has 0 bridgehead atoms. The Hall–Kier alpha value is -2.37. The average Bonchev–Trinajstić information content (AvgIpc) is 3.07. The van der Waals surface area contributed by atoms with Crippen LogP contribution in [-0.4, -0.2) is 24.0 Å². The van der Waals surface area contributed by atoms with Crippen LogP contribution in [0.3, 0.4) is 0 Å². The maximum Gasteiger partial charge on any atom is 0.279 e. The van der Waals surface area contributed by atoms with E-state index in [2.05, 4.69) is 5.43 Å². The molecule has 1 aliphatic rings. The lowest BCUT2D eigenvalue weighted by Gasteiger charge is -2.26. The number of hydrogen-bond donors (Lipinski definition) is 1. The summed E-state index contributed by atoms with van der Waals surface area (Å²) in [5, 5.41) is 3.02. The fourth-order valence-electron chi connectivity index (χ4n) is 3.24. The zero-order valence-corrected chi connectivity index (χ0v) is 15.4. The lowest BCUT2D eigenvalue weighted by atomic mass is 10.2. The molecule has 2 aromatic carbocycles. The highest BCUT2D eigenvalue weighted by atomic mass is 32.1. The number of benzene rings is 2. The van der Waals surface area contributed by atoms with Crippen LogP contribution in [0.4, 0.5) is 0 Å². The van der Waals surface area contributed by atoms with E-state index in [0.29, 0.717) is 17.2 Å². The van der Waals surface area contributed by atoms with Gasteiger partial charge in [-0.05, 0) is 30.5 Å². The second-order valence-electron chi connectivity index (χ2n) is 6.52. The molecule has 0 atom stereocenters. The number of ether oxygens (including phenoxy) is 1. The first-order valence-electron chi connectivity index (χ1n) is 9.05. The minimum Gasteiger partial charge on any atom is -0.487 e. The van der Waals surface area contributed by atoms with Crippen LogP contribution >= 0.6 is 11.3 Å². The lowest BCUT2D eigenvalue weighted by molar-refractivity contribution is 0.0750. The van der Waals surface area contributed by atoms with Crippen LogP contribution in [0.5, 0.6) is 5.75 Å². The van der Waals surface area contributed by atoms with Crippen LogP contribution in [0.1, 0.15) is 34.5 Å². The van der Waals surface area contributed by atoms with Crippen molar-refractivity contribution in [2.45, 2.75) is 25.9 Å². The number of nitrogens with zero attached hydrogens (tertiary/aromatic N) is 1. The number of rotatable bonds is 5. The number of piperidine rings is 1. The lowest BCUT2D eigenvalue weighted by Crippen LogP contribution is -2.44. The summed E-state index contributed by atoms with van der Waals surface area (Å²) in [6, 6.07) is 18.1. The fraction of sp³-hybridized carbons (Fsp3) is 0.286. The maximum absolute atomic E-state index is 12.9. The number of nitrogens with one attached hydrogen (secondary N) is 1. The van der Waals surface area contributed by atoms with E-state index in [9.17, 15) is 4.79 Å². The molecule has 1 aliphatic heterocycles. The summed E-state index contributed by atoms with van der Waals surface area (Å²) in [5.41, 5.74) is 4.15. The van der Waals surface area contributed by atoms with Crippen LogP contribution in [0, 0.1) is 0 Å². The van der Waals surface area contributed by atoms with E-state index in [0.717, 1.165) is 41.6 Å².